The Morgan fingerprint density at radius 2 is 0.509 bits per heavy atom. The second kappa shape index (κ2) is 28.9. The Bertz CT molecular complexity index is 6690. The fourth-order valence-electron chi connectivity index (χ4n) is 15.4. The third kappa shape index (κ3) is 13.7. The van der Waals surface area contributed by atoms with Crippen molar-refractivity contribution in [1.82, 2.24) is 0 Å². The van der Waals surface area contributed by atoms with E-state index in [4.69, 9.17) is 0 Å². The molecule has 0 atom stereocenters. The summed E-state index contributed by atoms with van der Waals surface area (Å²) in [5, 5.41) is 28.6. The maximum atomic E-state index is 2.41. The molecule has 12 heteroatoms. The number of aryl methyl sites for hydroxylation is 12. The van der Waals surface area contributed by atoms with Crippen molar-refractivity contribution in [3.8, 4) is 0 Å². The van der Waals surface area contributed by atoms with Crippen molar-refractivity contribution in [3.05, 3.63) is 278 Å². The Balaban J connectivity index is 0.0000000882. The van der Waals surface area contributed by atoms with Gasteiger partial charge in [-0.25, -0.2) is 0 Å². The van der Waals surface area contributed by atoms with Crippen LogP contribution in [0.2, 0.25) is 0 Å². The topological polar surface area (TPSA) is 0 Å². The molecular formula is C96H72S6Se6. The Morgan fingerprint density at radius 3 is 0.944 bits per heavy atom. The van der Waals surface area contributed by atoms with Gasteiger partial charge < -0.3 is 0 Å². The number of benzene rings is 12. The van der Waals surface area contributed by atoms with Gasteiger partial charge >= 0.3 is 355 Å². The SMILES string of the molecule is Cc1cc2cc3cc4[se]c(C)cc4cc3cc2[se]1.Cc1cc2cc3cc4sc(C)cc4cc3cc2s1.Cc1cc2ccc3c(ccc4cc(C)[se]c43)c2[se]1.Cc1cc2ccc3c(ccc4cc(C)sc43)c2s1.Cc1ccc2c(c1)[se]c1c3ccc(C)cc3[se]c21.Cc1ccc2c(c1)sc1c3ccc(C)cc3sc21. The van der Waals surface area contributed by atoms with Gasteiger partial charge in [0.1, 0.15) is 0 Å². The summed E-state index contributed by atoms with van der Waals surface area (Å²) in [5.74, 6) is 0. The standard InChI is InChI=1S/3C16H12S2.3C16H12Se2/c1-9-3-13-5-11-8-16-14(4-10(2)18-16)6-12(11)7-15(13)17-9;1-9-7-11-3-5-14-13(15(11)17-9)6-4-12-8-10(2)18-16(12)14;1-9-3-5-11-13(7-9)17-16-12-6-4-10(2)8-14(12)18-15(11)16;1-9-3-13-5-11-8-16-14(4-10(2)18-16)6-12(11)7-15(13)17-9;1-9-7-11-3-5-14-13(15(11)17-9)6-4-12-8-10(2)18-16(12)14;1-9-3-5-11-13(7-9)17-16-12-6-4-10(2)8-14(12)18-15(11)16/h6*3-8H,1-2H3. The molecule has 12 aromatic heterocycles. The second-order valence-electron chi connectivity index (χ2n) is 29.0. The van der Waals surface area contributed by atoms with E-state index in [2.05, 4.69) is 301 Å². The monoisotopic (exact) mass is 1900 g/mol. The van der Waals surface area contributed by atoms with Gasteiger partial charge in [-0.05, 0) is 146 Å². The van der Waals surface area contributed by atoms with Gasteiger partial charge in [0, 0.05) is 69.3 Å². The molecule has 12 heterocycles. The van der Waals surface area contributed by atoms with E-state index in [-0.39, 0.29) is 0 Å². The van der Waals surface area contributed by atoms with Crippen LogP contribution in [0.4, 0.5) is 0 Å². The van der Waals surface area contributed by atoms with Crippen LogP contribution in [-0.4, -0.2) is 87.0 Å². The predicted molar refractivity (Wildman–Crippen MR) is 500 cm³/mol. The molecule has 0 amide bonds. The van der Waals surface area contributed by atoms with Gasteiger partial charge in [0.15, 0.2) is 0 Å². The van der Waals surface area contributed by atoms with Gasteiger partial charge in [-0.15, -0.1) is 68.0 Å². The zero-order valence-electron chi connectivity index (χ0n) is 61.7. The number of rotatable bonds is 0. The molecule has 24 aromatic rings. The molecule has 0 radical (unpaired) electrons. The molecule has 24 rings (SSSR count). The van der Waals surface area contributed by atoms with E-state index in [1.165, 1.54) is 176 Å². The van der Waals surface area contributed by atoms with Crippen molar-refractivity contribution in [2.45, 2.75) is 83.1 Å². The van der Waals surface area contributed by atoms with Crippen LogP contribution in [0.1, 0.15) is 59.5 Å². The quantitative estimate of drug-likeness (QED) is 0.133. The number of fused-ring (bicyclic) bond motifs is 26. The summed E-state index contributed by atoms with van der Waals surface area (Å²) in [6, 6.07) is 83.4. The third-order valence-corrected chi connectivity index (χ3v) is 41.5. The number of hydrogen-bond acceptors (Lipinski definition) is 6. The van der Waals surface area contributed by atoms with Crippen molar-refractivity contribution >= 4 is 334 Å². The number of hydrogen-bond donors (Lipinski definition) is 0. The molecule has 0 aliphatic heterocycles. The molecule has 0 saturated heterocycles. The van der Waals surface area contributed by atoms with Crippen LogP contribution in [-0.2, 0) is 0 Å². The predicted octanol–water partition coefficient (Wildman–Crippen LogP) is 29.3. The first-order chi connectivity index (χ1) is 52.3. The Hall–Kier alpha value is -6.48. The molecule has 0 aliphatic carbocycles. The Morgan fingerprint density at radius 1 is 0.176 bits per heavy atom. The average molecular weight is 1890 g/mol. The molecule has 0 unspecified atom stereocenters. The summed E-state index contributed by atoms with van der Waals surface area (Å²) in [7, 11) is 0. The van der Waals surface area contributed by atoms with Crippen LogP contribution in [0.3, 0.4) is 0 Å². The first kappa shape index (κ1) is 71.8. The van der Waals surface area contributed by atoms with Crippen LogP contribution >= 0.6 is 68.0 Å². The maximum absolute atomic E-state index is 2.41. The van der Waals surface area contributed by atoms with E-state index < -0.39 is 0 Å². The molecule has 0 saturated carbocycles. The van der Waals surface area contributed by atoms with Crippen LogP contribution in [0, 0.1) is 83.1 Å². The van der Waals surface area contributed by atoms with E-state index in [0.717, 1.165) is 0 Å². The first-order valence-corrected chi connectivity index (χ1v) is 51.4. The van der Waals surface area contributed by atoms with E-state index >= 15 is 0 Å². The largest absolute Gasteiger partial charge is 0.134 e. The molecule has 108 heavy (non-hydrogen) atoms. The Kier molecular flexibility index (Phi) is 19.2. The molecule has 0 N–H and O–H groups in total. The van der Waals surface area contributed by atoms with Gasteiger partial charge in [0.25, 0.3) is 0 Å². The summed E-state index contributed by atoms with van der Waals surface area (Å²) in [5.41, 5.74) is 5.48. The van der Waals surface area contributed by atoms with Gasteiger partial charge in [0.2, 0.25) is 0 Å². The van der Waals surface area contributed by atoms with E-state index in [9.17, 15) is 0 Å². The van der Waals surface area contributed by atoms with Crippen molar-refractivity contribution in [1.29, 1.82) is 0 Å². The van der Waals surface area contributed by atoms with Crippen LogP contribution < -0.4 is 0 Å². The summed E-state index contributed by atoms with van der Waals surface area (Å²) in [4.78, 5) is 5.55. The molecule has 0 spiro atoms. The van der Waals surface area contributed by atoms with Gasteiger partial charge in [-0.1, -0.05) is 48.5 Å². The maximum Gasteiger partial charge on any atom is 0.0542 e. The minimum atomic E-state index is 0.527. The number of thiophene rings is 6. The normalized spacial score (nSPS) is 11.9. The smallest absolute Gasteiger partial charge is 0.0542 e. The minimum Gasteiger partial charge on any atom is -0.134 e. The fourth-order valence-corrected chi connectivity index (χ4v) is 37.4. The molecule has 0 fully saturated rings. The summed E-state index contributed by atoms with van der Waals surface area (Å²) in [6.45, 7) is 26.5. The molecule has 0 bridgehead atoms. The summed E-state index contributed by atoms with van der Waals surface area (Å²) < 4.78 is 30.4. The second-order valence-corrected chi connectivity index (χ2v) is 51.2. The first-order valence-electron chi connectivity index (χ1n) is 36.2. The third-order valence-electron chi connectivity index (χ3n) is 20.3. The van der Waals surface area contributed by atoms with Crippen molar-refractivity contribution in [3.63, 3.8) is 0 Å². The van der Waals surface area contributed by atoms with Crippen molar-refractivity contribution in [2.75, 3.05) is 0 Å². The van der Waals surface area contributed by atoms with Gasteiger partial charge in [0.05, 0.1) is 9.40 Å². The zero-order valence-corrected chi connectivity index (χ0v) is 76.9. The molecular weight excluding hydrogens is 1820 g/mol. The zero-order chi connectivity index (χ0) is 73.7. The van der Waals surface area contributed by atoms with E-state index in [1.807, 2.05) is 68.0 Å². The van der Waals surface area contributed by atoms with E-state index in [0.29, 0.717) is 87.0 Å². The molecule has 0 aliphatic rings. The van der Waals surface area contributed by atoms with Crippen molar-refractivity contribution in [2.24, 2.45) is 0 Å². The molecule has 12 aromatic carbocycles. The average Bonchev–Trinajstić information content (AvgIpc) is 1.59. The van der Waals surface area contributed by atoms with Crippen LogP contribution in [0.5, 0.6) is 0 Å². The summed E-state index contributed by atoms with van der Waals surface area (Å²) in [6.07, 6.45) is 0. The van der Waals surface area contributed by atoms with Gasteiger partial charge in [-0.2, -0.15) is 0 Å². The van der Waals surface area contributed by atoms with Gasteiger partial charge in [-0.3, -0.25) is 0 Å². The minimum absolute atomic E-state index is 0.527. The Labute approximate surface area is 687 Å². The molecule has 0 nitrogen and oxygen atoms in total. The fraction of sp³-hybridized carbons (Fsp3) is 0.125. The van der Waals surface area contributed by atoms with Crippen LogP contribution in [0.25, 0.3) is 179 Å². The van der Waals surface area contributed by atoms with E-state index in [1.54, 1.807) is 62.6 Å². The van der Waals surface area contributed by atoms with Crippen molar-refractivity contribution < 1.29 is 0 Å². The van der Waals surface area contributed by atoms with Crippen LogP contribution in [0.15, 0.2) is 218 Å². The summed E-state index contributed by atoms with van der Waals surface area (Å²) >= 11 is 14.7. The molecule has 528 valence electrons.